The van der Waals surface area contributed by atoms with Crippen molar-refractivity contribution in [3.05, 3.63) is 121 Å². The Bertz CT molecular complexity index is 1880. The lowest BCUT2D eigenvalue weighted by Crippen LogP contribution is -2.48. The Hall–Kier alpha value is -3.73. The fourth-order valence-electron chi connectivity index (χ4n) is 8.53. The predicted octanol–water partition coefficient (Wildman–Crippen LogP) is 7.37. The van der Waals surface area contributed by atoms with Crippen LogP contribution in [0.4, 0.5) is 0 Å². The van der Waals surface area contributed by atoms with Gasteiger partial charge in [-0.25, -0.2) is 13.2 Å². The van der Waals surface area contributed by atoms with Crippen molar-refractivity contribution >= 4 is 49.7 Å². The Morgan fingerprint density at radius 1 is 0.755 bits per heavy atom. The lowest BCUT2D eigenvalue weighted by Gasteiger charge is -2.42. The zero-order valence-corrected chi connectivity index (χ0v) is 30.8. The van der Waals surface area contributed by atoms with Crippen LogP contribution in [0.2, 0.25) is 0 Å². The highest BCUT2D eigenvalue weighted by molar-refractivity contribution is 7.97. The van der Waals surface area contributed by atoms with Gasteiger partial charge in [-0.1, -0.05) is 144 Å². The monoisotopic (exact) mass is 694 g/mol. The molecule has 6 rings (SSSR count). The summed E-state index contributed by atoms with van der Waals surface area (Å²) in [4.78, 5) is 30.4. The molecule has 3 atom stereocenters. The summed E-state index contributed by atoms with van der Waals surface area (Å²) in [6.07, 6.45) is 1.57. The number of rotatable bonds is 10. The summed E-state index contributed by atoms with van der Waals surface area (Å²) < 4.78 is 34.7. The molecule has 2 aliphatic carbocycles. The van der Waals surface area contributed by atoms with Crippen LogP contribution >= 0.6 is 6.89 Å². The van der Waals surface area contributed by atoms with Crippen LogP contribution in [0, 0.1) is 22.2 Å². The summed E-state index contributed by atoms with van der Waals surface area (Å²) >= 11 is 0. The van der Waals surface area contributed by atoms with E-state index in [0.29, 0.717) is 12.8 Å². The summed E-state index contributed by atoms with van der Waals surface area (Å²) in [5.74, 6) is -0.797. The first-order valence-electron chi connectivity index (χ1n) is 17.2. The Balaban J connectivity index is 1.59. The van der Waals surface area contributed by atoms with Crippen molar-refractivity contribution in [1.82, 2.24) is 0 Å². The minimum Gasteiger partial charge on any atom is -0.458 e. The topological polar surface area (TPSA) is 77.5 Å². The molecule has 0 aliphatic heterocycles. The molecule has 0 saturated heterocycles. The molecule has 2 bridgehead atoms. The molecule has 4 aromatic carbocycles. The molecular weight excluding hydrogens is 647 g/mol. The number of carbonyl (C=O) groups excluding carboxylic acids is 2. The summed E-state index contributed by atoms with van der Waals surface area (Å²) in [6, 6.07) is 38.2. The van der Waals surface area contributed by atoms with Gasteiger partial charge in [0, 0.05) is 11.8 Å². The highest BCUT2D eigenvalue weighted by Crippen LogP contribution is 2.67. The van der Waals surface area contributed by atoms with Crippen molar-refractivity contribution in [2.45, 2.75) is 71.3 Å². The van der Waals surface area contributed by atoms with Crippen LogP contribution in [0.15, 0.2) is 126 Å². The number of sulfone groups is 1. The molecule has 0 unspecified atom stereocenters. The molecule has 0 radical (unpaired) electrons. The van der Waals surface area contributed by atoms with Crippen molar-refractivity contribution in [3.8, 4) is 0 Å². The second-order valence-corrected chi connectivity index (χ2v) is 20.8. The van der Waals surface area contributed by atoms with Crippen molar-refractivity contribution < 1.29 is 22.7 Å². The summed E-state index contributed by atoms with van der Waals surface area (Å²) in [5, 5.41) is 2.82. The molecule has 2 aliphatic rings. The lowest BCUT2D eigenvalue weighted by atomic mass is 9.69. The number of fused-ring (bicyclic) bond motifs is 2. The highest BCUT2D eigenvalue weighted by atomic mass is 32.2. The number of Topliss-reactive ketones (excluding diaryl/α,β-unsaturated/α-hetero) is 1. The van der Waals surface area contributed by atoms with Crippen LogP contribution in [0.25, 0.3) is 0 Å². The van der Waals surface area contributed by atoms with Crippen LogP contribution in [0.3, 0.4) is 0 Å². The number of esters is 1. The van der Waals surface area contributed by atoms with E-state index >= 15 is 4.79 Å². The summed E-state index contributed by atoms with van der Waals surface area (Å²) in [5.41, 5.74) is -1.59. The molecule has 0 aromatic heterocycles. The molecule has 0 heterocycles. The van der Waals surface area contributed by atoms with E-state index in [-0.39, 0.29) is 39.5 Å². The van der Waals surface area contributed by atoms with E-state index in [2.05, 4.69) is 13.8 Å². The first-order valence-corrected chi connectivity index (χ1v) is 20.6. The van der Waals surface area contributed by atoms with Crippen LogP contribution < -0.4 is 15.9 Å². The molecule has 2 fully saturated rings. The summed E-state index contributed by atoms with van der Waals surface area (Å²) in [7, 11) is -3.70. The largest absolute Gasteiger partial charge is 0.458 e. The van der Waals surface area contributed by atoms with Crippen molar-refractivity contribution in [2.24, 2.45) is 22.2 Å². The molecule has 5 nitrogen and oxygen atoms in total. The number of ketones is 1. The fraction of sp³-hybridized carbons (Fsp3) is 0.357. The third-order valence-corrected chi connectivity index (χ3v) is 17.3. The second kappa shape index (κ2) is 13.2. The smallest absolute Gasteiger partial charge is 0.343 e. The predicted molar refractivity (Wildman–Crippen MR) is 201 cm³/mol. The molecule has 0 amide bonds. The Kier molecular flexibility index (Phi) is 9.45. The average molecular weight is 695 g/mol. The third-order valence-electron chi connectivity index (χ3n) is 11.1. The Morgan fingerprint density at radius 3 is 1.63 bits per heavy atom. The van der Waals surface area contributed by atoms with Crippen molar-refractivity contribution in [3.63, 3.8) is 0 Å². The van der Waals surface area contributed by atoms with Gasteiger partial charge in [0.05, 0.1) is 10.6 Å². The maximum Gasteiger partial charge on any atom is 0.343 e. The number of hydrogen-bond donors (Lipinski definition) is 0. The van der Waals surface area contributed by atoms with E-state index in [9.17, 15) is 13.2 Å². The standard InChI is InChI=1S/C42H47O5PS/c1-40(2,3)29-36(43)38(48(32-18-10-6-11-19-32,33-20-12-7-13-21-33)34-22-14-8-15-23-34)39(44)47-37-28-31-26-27-42(37,41(31,4)5)30-49(45,46)35-24-16-9-17-25-35/h6-25,31,37H,26-30H2,1-5H3/t31-,37-,42-/m1/s1. The first kappa shape index (κ1) is 35.1. The van der Waals surface area contributed by atoms with Crippen LogP contribution in [-0.4, -0.2) is 37.3 Å². The number of ether oxygens (including phenoxy) is 1. The molecular formula is C42H47O5PS. The van der Waals surface area contributed by atoms with E-state index in [4.69, 9.17) is 4.74 Å². The third kappa shape index (κ3) is 6.28. The maximum atomic E-state index is 15.3. The minimum atomic E-state index is -3.70. The fourth-order valence-corrected chi connectivity index (χ4v) is 15.0. The quantitative estimate of drug-likeness (QED) is 0.0985. The van der Waals surface area contributed by atoms with E-state index < -0.39 is 39.6 Å². The number of hydrogen-bond acceptors (Lipinski definition) is 5. The molecule has 256 valence electrons. The van der Waals surface area contributed by atoms with Crippen LogP contribution in [0.5, 0.6) is 0 Å². The van der Waals surface area contributed by atoms with Crippen LogP contribution in [-0.2, 0) is 24.2 Å². The van der Waals surface area contributed by atoms with Crippen molar-refractivity contribution in [1.29, 1.82) is 0 Å². The van der Waals surface area contributed by atoms with Gasteiger partial charge in [-0.15, -0.1) is 0 Å². The molecule has 0 N–H and O–H groups in total. The summed E-state index contributed by atoms with van der Waals surface area (Å²) in [6.45, 7) is 7.16. The normalized spacial score (nSPS) is 21.7. The molecule has 2 saturated carbocycles. The number of carbonyl (C=O) groups is 2. The zero-order valence-electron chi connectivity index (χ0n) is 29.1. The van der Waals surface area contributed by atoms with Gasteiger partial charge in [-0.3, -0.25) is 4.79 Å². The van der Waals surface area contributed by atoms with E-state index in [1.165, 1.54) is 0 Å². The molecule has 49 heavy (non-hydrogen) atoms. The number of benzene rings is 4. The van der Waals surface area contributed by atoms with Gasteiger partial charge >= 0.3 is 5.97 Å². The molecule has 4 aromatic rings. The van der Waals surface area contributed by atoms with Crippen molar-refractivity contribution in [2.75, 3.05) is 5.75 Å². The maximum absolute atomic E-state index is 15.3. The molecule has 7 heteroatoms. The minimum absolute atomic E-state index is 0.118. The Labute approximate surface area is 292 Å². The lowest BCUT2D eigenvalue weighted by molar-refractivity contribution is -0.148. The van der Waals surface area contributed by atoms with E-state index in [1.54, 1.807) is 30.3 Å². The van der Waals surface area contributed by atoms with Gasteiger partial charge in [0.2, 0.25) is 0 Å². The zero-order chi connectivity index (χ0) is 35.1. The van der Waals surface area contributed by atoms with Gasteiger partial charge < -0.3 is 4.74 Å². The average Bonchev–Trinajstić information content (AvgIpc) is 3.43. The Morgan fingerprint density at radius 2 is 1.20 bits per heavy atom. The van der Waals surface area contributed by atoms with Crippen LogP contribution in [0.1, 0.15) is 60.3 Å². The molecule has 0 spiro atoms. The van der Waals surface area contributed by atoms with Gasteiger partial charge in [0.15, 0.2) is 15.6 Å². The van der Waals surface area contributed by atoms with E-state index in [1.807, 2.05) is 112 Å². The first-order chi connectivity index (χ1) is 23.2. The van der Waals surface area contributed by atoms with Gasteiger partial charge in [-0.05, 0) is 70.9 Å². The van der Waals surface area contributed by atoms with E-state index in [0.717, 1.165) is 22.3 Å². The van der Waals surface area contributed by atoms with Gasteiger partial charge in [-0.2, -0.15) is 0 Å². The van der Waals surface area contributed by atoms with Gasteiger partial charge in [0.25, 0.3) is 0 Å². The SMILES string of the molecule is CC(C)(C)CC(=O)C(C(=O)O[C@@H]1C[C@H]2CC[C@]1(CS(=O)(=O)c1ccccc1)C2(C)C)=P(c1ccccc1)(c1ccccc1)c1ccccc1. The second-order valence-electron chi connectivity index (χ2n) is 15.5. The van der Waals surface area contributed by atoms with Gasteiger partial charge in [0.1, 0.15) is 11.4 Å². The highest BCUT2D eigenvalue weighted by Gasteiger charge is 2.67.